The third-order valence-corrected chi connectivity index (χ3v) is 4.99. The highest BCUT2D eigenvalue weighted by molar-refractivity contribution is 7.89. The minimum atomic E-state index is -3.66. The van der Waals surface area contributed by atoms with Crippen molar-refractivity contribution in [2.75, 3.05) is 13.7 Å². The second-order valence-electron chi connectivity index (χ2n) is 4.27. The van der Waals surface area contributed by atoms with Crippen molar-refractivity contribution in [3.05, 3.63) is 40.3 Å². The largest absolute Gasteiger partial charge is 0.495 e. The summed E-state index contributed by atoms with van der Waals surface area (Å²) in [6, 6.07) is 4.49. The first-order valence-electron chi connectivity index (χ1n) is 6.21. The molecule has 6 nitrogen and oxygen atoms in total. The first-order valence-corrected chi connectivity index (χ1v) is 8.64. The quantitative estimate of drug-likeness (QED) is 0.796. The van der Waals surface area contributed by atoms with Crippen molar-refractivity contribution in [3.63, 3.8) is 0 Å². The summed E-state index contributed by atoms with van der Waals surface area (Å²) in [6.45, 7) is 0.0882. The molecular weight excluding hydrogens is 312 g/mol. The van der Waals surface area contributed by atoms with Gasteiger partial charge in [0, 0.05) is 18.3 Å². The van der Waals surface area contributed by atoms with Crippen LogP contribution in [0.15, 0.2) is 34.0 Å². The summed E-state index contributed by atoms with van der Waals surface area (Å²) < 4.78 is 32.1. The first kappa shape index (κ1) is 15.9. The number of hydrogen-bond acceptors (Lipinski definition) is 6. The smallest absolute Gasteiger partial charge is 0.244 e. The molecule has 0 saturated carbocycles. The molecule has 0 unspecified atom stereocenters. The van der Waals surface area contributed by atoms with E-state index in [-0.39, 0.29) is 23.8 Å². The van der Waals surface area contributed by atoms with Crippen molar-refractivity contribution in [2.45, 2.75) is 17.9 Å². The highest BCUT2D eigenvalue weighted by Gasteiger charge is 2.19. The maximum atomic E-state index is 12.3. The van der Waals surface area contributed by atoms with Gasteiger partial charge in [-0.3, -0.25) is 0 Å². The normalized spacial score (nSPS) is 11.5. The number of sulfonamides is 1. The zero-order chi connectivity index (χ0) is 15.3. The van der Waals surface area contributed by atoms with E-state index in [1.807, 2.05) is 5.38 Å². The maximum absolute atomic E-state index is 12.3. The Balaban J connectivity index is 2.11. The van der Waals surface area contributed by atoms with Gasteiger partial charge in [0.05, 0.1) is 24.9 Å². The van der Waals surface area contributed by atoms with Gasteiger partial charge in [0.1, 0.15) is 10.6 Å². The lowest BCUT2D eigenvalue weighted by atomic mass is 10.2. The number of thiazole rings is 1. The van der Waals surface area contributed by atoms with Crippen molar-refractivity contribution in [2.24, 2.45) is 0 Å². The Labute approximate surface area is 127 Å². The molecule has 2 rings (SSSR count). The molecule has 0 aliphatic rings. The number of benzene rings is 1. The van der Waals surface area contributed by atoms with Gasteiger partial charge >= 0.3 is 0 Å². The lowest BCUT2D eigenvalue weighted by Gasteiger charge is -2.11. The lowest BCUT2D eigenvalue weighted by molar-refractivity contribution is 0.280. The molecule has 0 aliphatic heterocycles. The number of nitrogens with one attached hydrogen (secondary N) is 1. The second kappa shape index (κ2) is 6.99. The summed E-state index contributed by atoms with van der Waals surface area (Å²) in [5, 5.41) is 11.0. The van der Waals surface area contributed by atoms with Gasteiger partial charge in [-0.1, -0.05) is 6.07 Å². The van der Waals surface area contributed by atoms with Crippen molar-refractivity contribution in [1.29, 1.82) is 0 Å². The topological polar surface area (TPSA) is 88.5 Å². The minimum absolute atomic E-state index is 0.0560. The number of ether oxygens (including phenoxy) is 1. The summed E-state index contributed by atoms with van der Waals surface area (Å²) in [5.41, 5.74) is 3.15. The molecule has 1 heterocycles. The molecule has 0 saturated heterocycles. The van der Waals surface area contributed by atoms with E-state index < -0.39 is 10.0 Å². The number of nitrogens with zero attached hydrogens (tertiary/aromatic N) is 1. The number of rotatable bonds is 7. The van der Waals surface area contributed by atoms with E-state index in [4.69, 9.17) is 9.84 Å². The number of hydrogen-bond donors (Lipinski definition) is 2. The highest BCUT2D eigenvalue weighted by Crippen LogP contribution is 2.24. The Morgan fingerprint density at radius 3 is 2.86 bits per heavy atom. The SMILES string of the molecule is COc1cc(CO)ccc1S(=O)(=O)NCCc1cscn1. The van der Waals surface area contributed by atoms with Crippen LogP contribution in [-0.4, -0.2) is 32.2 Å². The van der Waals surface area contributed by atoms with E-state index in [1.54, 1.807) is 11.6 Å². The predicted octanol–water partition coefficient (Wildman–Crippen LogP) is 1.17. The minimum Gasteiger partial charge on any atom is -0.495 e. The Kier molecular flexibility index (Phi) is 5.29. The van der Waals surface area contributed by atoms with Crippen molar-refractivity contribution in [1.82, 2.24) is 9.71 Å². The fourth-order valence-corrected chi connectivity index (χ4v) is 3.56. The van der Waals surface area contributed by atoms with Crippen LogP contribution in [0.5, 0.6) is 5.75 Å². The van der Waals surface area contributed by atoms with Crippen LogP contribution >= 0.6 is 11.3 Å². The Morgan fingerprint density at radius 1 is 1.43 bits per heavy atom. The molecule has 0 radical (unpaired) electrons. The molecular formula is C13H16N2O4S2. The zero-order valence-corrected chi connectivity index (χ0v) is 13.1. The lowest BCUT2D eigenvalue weighted by Crippen LogP contribution is -2.26. The van der Waals surface area contributed by atoms with Gasteiger partial charge in [-0.15, -0.1) is 11.3 Å². The van der Waals surface area contributed by atoms with E-state index >= 15 is 0 Å². The summed E-state index contributed by atoms with van der Waals surface area (Å²) in [7, 11) is -2.27. The molecule has 8 heteroatoms. The fourth-order valence-electron chi connectivity index (χ4n) is 1.78. The summed E-state index contributed by atoms with van der Waals surface area (Å²) in [6.07, 6.45) is 0.528. The van der Waals surface area contributed by atoms with Crippen LogP contribution in [0.4, 0.5) is 0 Å². The van der Waals surface area contributed by atoms with E-state index in [1.165, 1.54) is 30.6 Å². The van der Waals surface area contributed by atoms with Crippen LogP contribution in [-0.2, 0) is 23.1 Å². The Hall–Kier alpha value is -1.48. The molecule has 0 fully saturated rings. The van der Waals surface area contributed by atoms with Crippen molar-refractivity contribution < 1.29 is 18.3 Å². The van der Waals surface area contributed by atoms with Crippen LogP contribution < -0.4 is 9.46 Å². The number of methoxy groups -OCH3 is 1. The molecule has 0 amide bonds. The monoisotopic (exact) mass is 328 g/mol. The molecule has 0 spiro atoms. The van der Waals surface area contributed by atoms with Gasteiger partial charge in [0.15, 0.2) is 0 Å². The second-order valence-corrected chi connectivity index (χ2v) is 6.72. The summed E-state index contributed by atoms with van der Waals surface area (Å²) in [5.74, 6) is 0.211. The van der Waals surface area contributed by atoms with Crippen LogP contribution in [0.25, 0.3) is 0 Å². The van der Waals surface area contributed by atoms with E-state index in [0.717, 1.165) is 5.69 Å². The van der Waals surface area contributed by atoms with E-state index in [2.05, 4.69) is 9.71 Å². The van der Waals surface area contributed by atoms with E-state index in [9.17, 15) is 8.42 Å². The molecule has 1 aromatic heterocycles. The molecule has 0 atom stereocenters. The standard InChI is InChI=1S/C13H16N2O4S2/c1-19-12-6-10(7-16)2-3-13(12)21(17,18)15-5-4-11-8-20-9-14-11/h2-3,6,8-9,15-16H,4-5,7H2,1H3. The molecule has 1 aromatic carbocycles. The average molecular weight is 328 g/mol. The molecule has 0 aliphatic carbocycles. The van der Waals surface area contributed by atoms with Gasteiger partial charge in [-0.25, -0.2) is 18.1 Å². The van der Waals surface area contributed by atoms with Gasteiger partial charge in [-0.05, 0) is 17.7 Å². The van der Waals surface area contributed by atoms with Gasteiger partial charge < -0.3 is 9.84 Å². The van der Waals surface area contributed by atoms with Gasteiger partial charge in [0.25, 0.3) is 0 Å². The maximum Gasteiger partial charge on any atom is 0.244 e. The predicted molar refractivity (Wildman–Crippen MR) is 79.9 cm³/mol. The Bertz CT molecular complexity index is 684. The molecule has 0 bridgehead atoms. The van der Waals surface area contributed by atoms with Gasteiger partial charge in [-0.2, -0.15) is 0 Å². The van der Waals surface area contributed by atoms with Crippen LogP contribution in [0.1, 0.15) is 11.3 Å². The highest BCUT2D eigenvalue weighted by atomic mass is 32.2. The van der Waals surface area contributed by atoms with Crippen LogP contribution in [0, 0.1) is 0 Å². The molecule has 2 N–H and O–H groups in total. The van der Waals surface area contributed by atoms with Crippen molar-refractivity contribution >= 4 is 21.4 Å². The van der Waals surface area contributed by atoms with Crippen LogP contribution in [0.2, 0.25) is 0 Å². The zero-order valence-electron chi connectivity index (χ0n) is 11.4. The van der Waals surface area contributed by atoms with Crippen molar-refractivity contribution in [3.8, 4) is 5.75 Å². The Morgan fingerprint density at radius 2 is 2.24 bits per heavy atom. The van der Waals surface area contributed by atoms with Crippen LogP contribution in [0.3, 0.4) is 0 Å². The molecule has 114 valence electrons. The summed E-state index contributed by atoms with van der Waals surface area (Å²) >= 11 is 1.47. The number of aliphatic hydroxyl groups excluding tert-OH is 1. The third-order valence-electron chi connectivity index (χ3n) is 2.86. The van der Waals surface area contributed by atoms with E-state index in [0.29, 0.717) is 12.0 Å². The average Bonchev–Trinajstić information content (AvgIpc) is 2.99. The first-order chi connectivity index (χ1) is 10.1. The summed E-state index contributed by atoms with van der Waals surface area (Å²) in [4.78, 5) is 4.15. The molecule has 2 aromatic rings. The molecule has 21 heavy (non-hydrogen) atoms. The third kappa shape index (κ3) is 4.01. The number of aliphatic hydroxyl groups is 1. The number of aromatic nitrogens is 1. The fraction of sp³-hybridized carbons (Fsp3) is 0.308. The van der Waals surface area contributed by atoms with Gasteiger partial charge in [0.2, 0.25) is 10.0 Å².